The number of carbonyl (C=O) groups is 3. The highest BCUT2D eigenvalue weighted by Crippen LogP contribution is 2.26. The van der Waals surface area contributed by atoms with Gasteiger partial charge in [-0.15, -0.1) is 6.58 Å². The summed E-state index contributed by atoms with van der Waals surface area (Å²) in [5, 5.41) is 2.42. The van der Waals surface area contributed by atoms with Gasteiger partial charge in [-0.2, -0.15) is 0 Å². The van der Waals surface area contributed by atoms with Crippen LogP contribution in [0.15, 0.2) is 12.7 Å². The number of allylic oxidation sites excluding steroid dienone is 1. The number of carbonyl (C=O) groups excluding carboxylic acids is 3. The van der Waals surface area contributed by atoms with Gasteiger partial charge in [0.1, 0.15) is 18.2 Å². The first-order valence-corrected chi connectivity index (χ1v) is 10.7. The number of nitrogens with zero attached hydrogens (tertiary/aromatic N) is 1. The molecule has 168 valence electrons. The maximum Gasteiger partial charge on any atom is 0.408 e. The van der Waals surface area contributed by atoms with Crippen molar-refractivity contribution < 1.29 is 19.1 Å². The van der Waals surface area contributed by atoms with Gasteiger partial charge in [-0.05, 0) is 52.4 Å². The van der Waals surface area contributed by atoms with Gasteiger partial charge in [0, 0.05) is 6.54 Å². The summed E-state index contributed by atoms with van der Waals surface area (Å²) in [7, 11) is 0. The predicted octanol–water partition coefficient (Wildman–Crippen LogP) is 3.77. The van der Waals surface area contributed by atoms with Gasteiger partial charge in [-0.25, -0.2) is 4.79 Å². The molecule has 1 heterocycles. The van der Waals surface area contributed by atoms with E-state index < -0.39 is 23.6 Å². The minimum atomic E-state index is -0.652. The van der Waals surface area contributed by atoms with Crippen LogP contribution in [0.25, 0.3) is 0 Å². The average Bonchev–Trinajstić information content (AvgIpc) is 3.04. The van der Waals surface area contributed by atoms with Crippen molar-refractivity contribution in [1.29, 1.82) is 0 Å². The molecule has 0 aromatic carbocycles. The van der Waals surface area contributed by atoms with Crippen molar-refractivity contribution in [1.82, 2.24) is 10.2 Å². The van der Waals surface area contributed by atoms with Gasteiger partial charge in [0.2, 0.25) is 11.8 Å². The molecule has 3 N–H and O–H groups in total. The number of nitrogens with one attached hydrogen (secondary N) is 1. The van der Waals surface area contributed by atoms with Crippen LogP contribution in [0.3, 0.4) is 0 Å². The molecule has 1 aliphatic heterocycles. The maximum absolute atomic E-state index is 12.2. The lowest BCUT2D eigenvalue weighted by Gasteiger charge is -2.23. The van der Waals surface area contributed by atoms with Crippen LogP contribution in [-0.4, -0.2) is 47.5 Å². The van der Waals surface area contributed by atoms with E-state index >= 15 is 0 Å². The predicted molar refractivity (Wildman–Crippen MR) is 116 cm³/mol. The standard InChI is InChI=1S/C15H27N3O4.C7H14/c1-5-6-10-7-11(13(16)20)18(9-10)12(19)8-17-14(21)22-15(2,3)4;1-3-5-7-6-4-2/h10-11H,5-9H2,1-4H3,(H2,16,20)(H,17,21);3H,1,4-7H2,2H3/t10-,11-;/m0./s1. The molecule has 0 bridgehead atoms. The second-order valence-electron chi connectivity index (χ2n) is 8.49. The van der Waals surface area contributed by atoms with E-state index in [1.807, 2.05) is 6.08 Å². The number of alkyl carbamates (subject to hydrolysis) is 1. The lowest BCUT2D eigenvalue weighted by molar-refractivity contribution is -0.136. The lowest BCUT2D eigenvalue weighted by Crippen LogP contribution is -2.48. The van der Waals surface area contributed by atoms with Crippen LogP contribution in [0, 0.1) is 5.92 Å². The number of unbranched alkanes of at least 4 members (excludes halogenated alkanes) is 3. The molecule has 2 atom stereocenters. The Labute approximate surface area is 176 Å². The van der Waals surface area contributed by atoms with Crippen LogP contribution in [0.2, 0.25) is 0 Å². The Morgan fingerprint density at radius 2 is 1.86 bits per heavy atom. The smallest absolute Gasteiger partial charge is 0.408 e. The average molecular weight is 412 g/mol. The van der Waals surface area contributed by atoms with Crippen LogP contribution in [0.1, 0.15) is 79.6 Å². The first-order chi connectivity index (χ1) is 13.6. The number of rotatable bonds is 9. The molecule has 0 saturated carbocycles. The number of hydrogen-bond acceptors (Lipinski definition) is 4. The second kappa shape index (κ2) is 14.0. The molecule has 0 aromatic heterocycles. The van der Waals surface area contributed by atoms with E-state index in [4.69, 9.17) is 10.5 Å². The fourth-order valence-corrected chi connectivity index (χ4v) is 3.19. The van der Waals surface area contributed by atoms with Gasteiger partial charge >= 0.3 is 6.09 Å². The number of primary amides is 1. The maximum atomic E-state index is 12.2. The zero-order chi connectivity index (χ0) is 22.4. The highest BCUT2D eigenvalue weighted by molar-refractivity contribution is 5.89. The third kappa shape index (κ3) is 12.2. The highest BCUT2D eigenvalue weighted by Gasteiger charge is 2.37. The molecule has 3 amide bonds. The van der Waals surface area contributed by atoms with Crippen LogP contribution < -0.4 is 11.1 Å². The first kappa shape index (κ1) is 27.0. The second-order valence-corrected chi connectivity index (χ2v) is 8.49. The van der Waals surface area contributed by atoms with Gasteiger partial charge in [-0.1, -0.05) is 39.2 Å². The molecule has 7 heteroatoms. The van der Waals surface area contributed by atoms with E-state index in [9.17, 15) is 14.4 Å². The van der Waals surface area contributed by atoms with Crippen LogP contribution in [0.4, 0.5) is 4.79 Å². The molecule has 0 unspecified atom stereocenters. The topological polar surface area (TPSA) is 102 Å². The Balaban J connectivity index is 0.000000956. The van der Waals surface area contributed by atoms with Gasteiger partial charge in [0.05, 0.1) is 0 Å². The molecular weight excluding hydrogens is 370 g/mol. The normalized spacial score (nSPS) is 18.4. The van der Waals surface area contributed by atoms with Gasteiger partial charge < -0.3 is 20.7 Å². The van der Waals surface area contributed by atoms with Crippen LogP contribution in [-0.2, 0) is 14.3 Å². The molecular formula is C22H41N3O4. The molecule has 0 aliphatic carbocycles. The van der Waals surface area contributed by atoms with Crippen molar-refractivity contribution in [3.8, 4) is 0 Å². The summed E-state index contributed by atoms with van der Waals surface area (Å²) >= 11 is 0. The van der Waals surface area contributed by atoms with Gasteiger partial charge in [-0.3, -0.25) is 9.59 Å². The first-order valence-electron chi connectivity index (χ1n) is 10.7. The van der Waals surface area contributed by atoms with Gasteiger partial charge in [0.25, 0.3) is 0 Å². The third-order valence-electron chi connectivity index (χ3n) is 4.53. The molecule has 1 aliphatic rings. The van der Waals surface area contributed by atoms with Crippen molar-refractivity contribution in [2.24, 2.45) is 11.7 Å². The largest absolute Gasteiger partial charge is 0.444 e. The molecule has 0 spiro atoms. The lowest BCUT2D eigenvalue weighted by atomic mass is 10.0. The Morgan fingerprint density at radius 3 is 2.34 bits per heavy atom. The van der Waals surface area contributed by atoms with E-state index in [-0.39, 0.29) is 18.4 Å². The van der Waals surface area contributed by atoms with Gasteiger partial charge in [0.15, 0.2) is 0 Å². The van der Waals surface area contributed by atoms with E-state index in [1.54, 1.807) is 20.8 Å². The minimum Gasteiger partial charge on any atom is -0.444 e. The van der Waals surface area contributed by atoms with Crippen LogP contribution in [0.5, 0.6) is 0 Å². The Kier molecular flexibility index (Phi) is 13.0. The summed E-state index contributed by atoms with van der Waals surface area (Å²) < 4.78 is 5.07. The highest BCUT2D eigenvalue weighted by atomic mass is 16.6. The molecule has 0 aromatic rings. The number of nitrogens with two attached hydrogens (primary N) is 1. The molecule has 29 heavy (non-hydrogen) atoms. The van der Waals surface area contributed by atoms with Crippen molar-refractivity contribution in [3.05, 3.63) is 12.7 Å². The van der Waals surface area contributed by atoms with Crippen molar-refractivity contribution in [3.63, 3.8) is 0 Å². The number of amides is 3. The van der Waals surface area contributed by atoms with Crippen molar-refractivity contribution >= 4 is 17.9 Å². The number of likely N-dealkylation sites (tertiary alicyclic amines) is 1. The quantitative estimate of drug-likeness (QED) is 0.445. The molecule has 0 radical (unpaired) electrons. The van der Waals surface area contributed by atoms with E-state index in [1.165, 1.54) is 30.6 Å². The SMILES string of the molecule is C=CCCCCC.CCC[C@H]1C[C@@H](C(N)=O)N(C(=O)CNC(=O)OC(C)(C)C)C1. The summed E-state index contributed by atoms with van der Waals surface area (Å²) in [5.74, 6) is -0.523. The Hall–Kier alpha value is -2.05. The fraction of sp³-hybridized carbons (Fsp3) is 0.773. The van der Waals surface area contributed by atoms with E-state index in [0.29, 0.717) is 13.0 Å². The Bertz CT molecular complexity index is 529. The number of ether oxygens (including phenoxy) is 1. The molecule has 1 fully saturated rings. The zero-order valence-corrected chi connectivity index (χ0v) is 19.0. The van der Waals surface area contributed by atoms with E-state index in [0.717, 1.165) is 12.8 Å². The number of hydrogen-bond donors (Lipinski definition) is 2. The zero-order valence-electron chi connectivity index (χ0n) is 19.0. The minimum absolute atomic E-state index is 0.197. The molecule has 1 rings (SSSR count). The van der Waals surface area contributed by atoms with Crippen LogP contribution >= 0.6 is 0 Å². The summed E-state index contributed by atoms with van der Waals surface area (Å²) in [6.45, 7) is 13.5. The molecule has 7 nitrogen and oxygen atoms in total. The molecule has 1 saturated heterocycles. The summed E-state index contributed by atoms with van der Waals surface area (Å²) in [6.07, 6.45) is 9.05. The van der Waals surface area contributed by atoms with Crippen molar-refractivity contribution in [2.75, 3.05) is 13.1 Å². The summed E-state index contributed by atoms with van der Waals surface area (Å²) in [6, 6.07) is -0.579. The Morgan fingerprint density at radius 1 is 1.21 bits per heavy atom. The third-order valence-corrected chi connectivity index (χ3v) is 4.53. The summed E-state index contributed by atoms with van der Waals surface area (Å²) in [4.78, 5) is 36.8. The van der Waals surface area contributed by atoms with Crippen molar-refractivity contribution in [2.45, 2.75) is 91.2 Å². The fourth-order valence-electron chi connectivity index (χ4n) is 3.19. The summed E-state index contributed by atoms with van der Waals surface area (Å²) in [5.41, 5.74) is 4.76. The van der Waals surface area contributed by atoms with E-state index in [2.05, 4.69) is 25.7 Å². The monoisotopic (exact) mass is 411 g/mol.